The van der Waals surface area contributed by atoms with Crippen LogP contribution in [-0.2, 0) is 19.1 Å². The fourth-order valence-corrected chi connectivity index (χ4v) is 3.76. The van der Waals surface area contributed by atoms with Crippen molar-refractivity contribution >= 4 is 29.1 Å². The molecule has 170 valence electrons. The van der Waals surface area contributed by atoms with E-state index in [1.807, 2.05) is 0 Å². The molecule has 0 bridgehead atoms. The van der Waals surface area contributed by atoms with Crippen molar-refractivity contribution in [2.75, 3.05) is 13.7 Å². The molecule has 4 atom stereocenters. The highest BCUT2D eigenvalue weighted by Crippen LogP contribution is 2.33. The first-order valence-electron chi connectivity index (χ1n) is 10.3. The first-order valence-corrected chi connectivity index (χ1v) is 10.7. The van der Waals surface area contributed by atoms with Crippen LogP contribution in [0.1, 0.15) is 38.5 Å². The summed E-state index contributed by atoms with van der Waals surface area (Å²) in [5, 5.41) is 20.9. The molecule has 0 saturated heterocycles. The van der Waals surface area contributed by atoms with E-state index in [0.717, 1.165) is 0 Å². The van der Waals surface area contributed by atoms with Gasteiger partial charge in [-0.1, -0.05) is 29.8 Å². The molecule has 0 aliphatic heterocycles. The van der Waals surface area contributed by atoms with Crippen LogP contribution in [0.5, 0.6) is 5.75 Å². The van der Waals surface area contributed by atoms with Gasteiger partial charge in [-0.05, 0) is 31.0 Å². The number of carbonyl (C=O) groups excluding carboxylic acids is 3. The predicted molar refractivity (Wildman–Crippen MR) is 115 cm³/mol. The summed E-state index contributed by atoms with van der Waals surface area (Å²) in [6, 6.07) is 6.79. The molecule has 31 heavy (non-hydrogen) atoms. The number of carbonyl (C=O) groups is 3. The zero-order valence-electron chi connectivity index (χ0n) is 17.5. The van der Waals surface area contributed by atoms with E-state index in [-0.39, 0.29) is 49.8 Å². The van der Waals surface area contributed by atoms with Crippen LogP contribution in [0.15, 0.2) is 36.4 Å². The lowest BCUT2D eigenvalue weighted by atomic mass is 9.88. The van der Waals surface area contributed by atoms with Gasteiger partial charge < -0.3 is 19.7 Å². The molecule has 0 spiro atoms. The van der Waals surface area contributed by atoms with Gasteiger partial charge in [0.05, 0.1) is 13.2 Å². The number of methoxy groups -OCH3 is 1. The molecule has 1 aliphatic carbocycles. The Balaban J connectivity index is 1.84. The number of aliphatic hydroxyl groups is 2. The molecule has 1 fully saturated rings. The third-order valence-corrected chi connectivity index (χ3v) is 5.50. The smallest absolute Gasteiger partial charge is 0.305 e. The van der Waals surface area contributed by atoms with Crippen LogP contribution in [0.2, 0.25) is 5.02 Å². The number of aliphatic hydroxyl groups excluding tert-OH is 2. The summed E-state index contributed by atoms with van der Waals surface area (Å²) < 4.78 is 10.0. The van der Waals surface area contributed by atoms with Gasteiger partial charge in [0.2, 0.25) is 0 Å². The number of Topliss-reactive ketones (excluding diaryl/α,β-unsaturated/α-hetero) is 2. The molecule has 0 aromatic heterocycles. The molecule has 0 heterocycles. The number of hydrogen-bond donors (Lipinski definition) is 2. The Bertz CT molecular complexity index is 792. The van der Waals surface area contributed by atoms with Crippen LogP contribution in [-0.4, -0.2) is 53.7 Å². The highest BCUT2D eigenvalue weighted by Gasteiger charge is 2.40. The predicted octanol–water partition coefficient (Wildman–Crippen LogP) is 2.89. The molecular formula is C23H29ClO7. The fourth-order valence-electron chi connectivity index (χ4n) is 3.58. The standard InChI is InChI=1S/C23H29ClO7/c1-30-23(29)8-3-2-6-16(25)12-20-19(21(27)13-22(20)28)10-9-17(26)14-31-18-7-4-5-15(24)11-18/h4-5,7,9-11,17,19-21,26-27H,2-3,6,8,12-14H2,1H3/b10-9+/t17-,19+,20+,21+/m0/s1. The van der Waals surface area contributed by atoms with Crippen molar-refractivity contribution in [3.8, 4) is 5.75 Å². The monoisotopic (exact) mass is 452 g/mol. The van der Waals surface area contributed by atoms with Crippen molar-refractivity contribution in [2.45, 2.75) is 50.7 Å². The van der Waals surface area contributed by atoms with Crippen LogP contribution < -0.4 is 4.74 Å². The van der Waals surface area contributed by atoms with Crippen LogP contribution in [0.3, 0.4) is 0 Å². The van der Waals surface area contributed by atoms with Crippen LogP contribution >= 0.6 is 11.6 Å². The van der Waals surface area contributed by atoms with Gasteiger partial charge in [-0.25, -0.2) is 0 Å². The third kappa shape index (κ3) is 8.44. The molecule has 0 unspecified atom stereocenters. The van der Waals surface area contributed by atoms with Gasteiger partial charge in [0.15, 0.2) is 0 Å². The zero-order chi connectivity index (χ0) is 22.8. The summed E-state index contributed by atoms with van der Waals surface area (Å²) in [6.07, 6.45) is 2.87. The van der Waals surface area contributed by atoms with E-state index in [2.05, 4.69) is 4.74 Å². The van der Waals surface area contributed by atoms with E-state index in [4.69, 9.17) is 16.3 Å². The molecule has 1 aromatic carbocycles. The second kappa shape index (κ2) is 12.6. The Hall–Kier alpha value is -2.22. The number of hydrogen-bond acceptors (Lipinski definition) is 7. The lowest BCUT2D eigenvalue weighted by Crippen LogP contribution is -2.23. The van der Waals surface area contributed by atoms with E-state index >= 15 is 0 Å². The maximum absolute atomic E-state index is 12.3. The fraction of sp³-hybridized carbons (Fsp3) is 0.522. The molecular weight excluding hydrogens is 424 g/mol. The summed E-state index contributed by atoms with van der Waals surface area (Å²) in [7, 11) is 1.32. The lowest BCUT2D eigenvalue weighted by molar-refractivity contribution is -0.140. The number of ketones is 2. The molecule has 2 N–H and O–H groups in total. The number of ether oxygens (including phenoxy) is 2. The minimum atomic E-state index is -0.948. The van der Waals surface area contributed by atoms with Gasteiger partial charge >= 0.3 is 5.97 Å². The Morgan fingerprint density at radius 3 is 2.74 bits per heavy atom. The molecule has 2 rings (SSSR count). The summed E-state index contributed by atoms with van der Waals surface area (Å²) in [6.45, 7) is -0.0165. The Morgan fingerprint density at radius 2 is 2.03 bits per heavy atom. The van der Waals surface area contributed by atoms with Gasteiger partial charge in [-0.3, -0.25) is 14.4 Å². The first kappa shape index (κ1) is 25.0. The first-order chi connectivity index (χ1) is 14.8. The summed E-state index contributed by atoms with van der Waals surface area (Å²) in [4.78, 5) is 35.7. The number of halogens is 1. The van der Waals surface area contributed by atoms with Gasteiger partial charge in [0.1, 0.15) is 30.0 Å². The van der Waals surface area contributed by atoms with E-state index in [1.54, 1.807) is 30.3 Å². The van der Waals surface area contributed by atoms with E-state index < -0.39 is 24.0 Å². The summed E-state index contributed by atoms with van der Waals surface area (Å²) in [5.74, 6) is -1.18. The summed E-state index contributed by atoms with van der Waals surface area (Å²) >= 11 is 5.89. The number of unbranched alkanes of at least 4 members (excludes halogenated alkanes) is 1. The van der Waals surface area contributed by atoms with Gasteiger partial charge in [-0.15, -0.1) is 0 Å². The van der Waals surface area contributed by atoms with E-state index in [9.17, 15) is 24.6 Å². The summed E-state index contributed by atoms with van der Waals surface area (Å²) in [5.41, 5.74) is 0. The van der Waals surface area contributed by atoms with Crippen molar-refractivity contribution in [2.24, 2.45) is 11.8 Å². The third-order valence-electron chi connectivity index (χ3n) is 5.27. The van der Waals surface area contributed by atoms with Crippen molar-refractivity contribution in [1.82, 2.24) is 0 Å². The molecule has 8 heteroatoms. The maximum Gasteiger partial charge on any atom is 0.305 e. The van der Waals surface area contributed by atoms with Crippen LogP contribution in [0.25, 0.3) is 0 Å². The van der Waals surface area contributed by atoms with Gasteiger partial charge in [0.25, 0.3) is 0 Å². The molecule has 1 aromatic rings. The number of benzene rings is 1. The van der Waals surface area contributed by atoms with Crippen molar-refractivity contribution in [3.63, 3.8) is 0 Å². The van der Waals surface area contributed by atoms with Gasteiger partial charge in [-0.2, -0.15) is 0 Å². The van der Waals surface area contributed by atoms with E-state index in [1.165, 1.54) is 13.2 Å². The lowest BCUT2D eigenvalue weighted by Gasteiger charge is -2.17. The quantitative estimate of drug-likeness (QED) is 0.285. The van der Waals surface area contributed by atoms with Gasteiger partial charge in [0, 0.05) is 42.5 Å². The normalized spacial score (nSPS) is 21.9. The minimum Gasteiger partial charge on any atom is -0.491 e. The molecule has 1 aliphatic rings. The Morgan fingerprint density at radius 1 is 1.29 bits per heavy atom. The maximum atomic E-state index is 12.3. The topological polar surface area (TPSA) is 110 Å². The number of esters is 1. The average molecular weight is 453 g/mol. The van der Waals surface area contributed by atoms with Crippen molar-refractivity contribution < 1.29 is 34.1 Å². The van der Waals surface area contributed by atoms with Crippen molar-refractivity contribution in [1.29, 1.82) is 0 Å². The minimum absolute atomic E-state index is 0.00952. The average Bonchev–Trinajstić information content (AvgIpc) is 3.00. The second-order valence-electron chi connectivity index (χ2n) is 7.67. The SMILES string of the molecule is COC(=O)CCCCC(=O)C[C@H]1C(=O)C[C@@H](O)[C@@H]1/C=C/[C@H](O)COc1cccc(Cl)c1. The van der Waals surface area contributed by atoms with Crippen LogP contribution in [0, 0.1) is 11.8 Å². The zero-order valence-corrected chi connectivity index (χ0v) is 18.3. The van der Waals surface area contributed by atoms with E-state index in [0.29, 0.717) is 23.6 Å². The largest absolute Gasteiger partial charge is 0.491 e. The van der Waals surface area contributed by atoms with Crippen LogP contribution in [0.4, 0.5) is 0 Å². The highest BCUT2D eigenvalue weighted by molar-refractivity contribution is 6.30. The molecule has 1 saturated carbocycles. The second-order valence-corrected chi connectivity index (χ2v) is 8.10. The molecule has 0 amide bonds. The molecule has 7 nitrogen and oxygen atoms in total. The highest BCUT2D eigenvalue weighted by atomic mass is 35.5. The number of rotatable bonds is 12. The Kier molecular flexibility index (Phi) is 10.2. The van der Waals surface area contributed by atoms with Crippen molar-refractivity contribution in [3.05, 3.63) is 41.4 Å². The Labute approximate surface area is 187 Å². The molecule has 0 radical (unpaired) electrons.